The Bertz CT molecular complexity index is 1100. The van der Waals surface area contributed by atoms with Gasteiger partial charge in [-0.3, -0.25) is 0 Å². The van der Waals surface area contributed by atoms with Crippen LogP contribution >= 0.6 is 35.0 Å². The van der Waals surface area contributed by atoms with Crippen LogP contribution in [0.2, 0.25) is 10.0 Å². The van der Waals surface area contributed by atoms with Crippen LogP contribution in [-0.4, -0.2) is 19.6 Å². The standard InChI is InChI=1S/C20H16Cl2N4S/c1-13-9-15(12-27-16-7-8-17(21)18(22)11-16)23-20-24-19(25-26(13)20)10-14-5-3-2-4-6-14/h2-9,11H,10,12H2,1H3. The van der Waals surface area contributed by atoms with E-state index in [9.17, 15) is 0 Å². The van der Waals surface area contributed by atoms with Crippen molar-refractivity contribution in [3.63, 3.8) is 0 Å². The van der Waals surface area contributed by atoms with E-state index in [0.29, 0.717) is 22.2 Å². The SMILES string of the molecule is Cc1cc(CSc2ccc(Cl)c(Cl)c2)nc2nc(Cc3ccccc3)nn12. The Kier molecular flexibility index (Phi) is 5.34. The molecule has 4 rings (SSSR count). The molecule has 0 bridgehead atoms. The molecule has 0 aliphatic carbocycles. The molecule has 0 unspecified atom stereocenters. The summed E-state index contributed by atoms with van der Waals surface area (Å²) in [4.78, 5) is 10.3. The molecule has 27 heavy (non-hydrogen) atoms. The molecule has 0 fully saturated rings. The molecule has 0 saturated carbocycles. The van der Waals surface area contributed by atoms with Crippen LogP contribution in [0.25, 0.3) is 5.78 Å². The first-order chi connectivity index (χ1) is 13.1. The zero-order valence-corrected chi connectivity index (χ0v) is 16.9. The van der Waals surface area contributed by atoms with E-state index in [1.165, 1.54) is 5.56 Å². The van der Waals surface area contributed by atoms with E-state index in [4.69, 9.17) is 23.2 Å². The van der Waals surface area contributed by atoms with Gasteiger partial charge in [-0.05, 0) is 36.8 Å². The maximum absolute atomic E-state index is 6.09. The maximum Gasteiger partial charge on any atom is 0.252 e. The lowest BCUT2D eigenvalue weighted by molar-refractivity contribution is 0.854. The molecule has 4 aromatic rings. The van der Waals surface area contributed by atoms with Crippen molar-refractivity contribution in [2.24, 2.45) is 0 Å². The first-order valence-electron chi connectivity index (χ1n) is 8.42. The Balaban J connectivity index is 1.54. The molecular formula is C20H16Cl2N4S. The second-order valence-electron chi connectivity index (χ2n) is 6.16. The summed E-state index contributed by atoms with van der Waals surface area (Å²) < 4.78 is 1.80. The van der Waals surface area contributed by atoms with Crippen molar-refractivity contribution < 1.29 is 0 Å². The van der Waals surface area contributed by atoms with Crippen LogP contribution in [0.3, 0.4) is 0 Å². The van der Waals surface area contributed by atoms with Crippen molar-refractivity contribution in [2.45, 2.75) is 24.0 Å². The Hall–Kier alpha value is -2.08. The minimum absolute atomic E-state index is 0.560. The molecule has 4 nitrogen and oxygen atoms in total. The normalized spacial score (nSPS) is 11.2. The van der Waals surface area contributed by atoms with E-state index in [1.807, 2.05) is 49.4 Å². The molecule has 7 heteroatoms. The Morgan fingerprint density at radius 3 is 2.56 bits per heavy atom. The number of thioether (sulfide) groups is 1. The lowest BCUT2D eigenvalue weighted by Gasteiger charge is -2.05. The predicted molar refractivity (Wildman–Crippen MR) is 111 cm³/mol. The van der Waals surface area contributed by atoms with E-state index in [-0.39, 0.29) is 0 Å². The van der Waals surface area contributed by atoms with Crippen molar-refractivity contribution in [3.05, 3.63) is 87.4 Å². The van der Waals surface area contributed by atoms with Crippen molar-refractivity contribution in [3.8, 4) is 0 Å². The molecule has 0 atom stereocenters. The molecule has 0 spiro atoms. The minimum Gasteiger partial charge on any atom is -0.215 e. The molecule has 2 aromatic carbocycles. The van der Waals surface area contributed by atoms with Crippen LogP contribution in [0.15, 0.2) is 59.5 Å². The van der Waals surface area contributed by atoms with Gasteiger partial charge < -0.3 is 0 Å². The fraction of sp³-hybridized carbons (Fsp3) is 0.150. The third-order valence-corrected chi connectivity index (χ3v) is 5.84. The minimum atomic E-state index is 0.560. The summed E-state index contributed by atoms with van der Waals surface area (Å²) in [6.07, 6.45) is 0.691. The first kappa shape index (κ1) is 18.3. The molecule has 136 valence electrons. The lowest BCUT2D eigenvalue weighted by atomic mass is 10.1. The van der Waals surface area contributed by atoms with E-state index in [0.717, 1.165) is 27.9 Å². The summed E-state index contributed by atoms with van der Waals surface area (Å²) in [6.45, 7) is 2.02. The zero-order valence-electron chi connectivity index (χ0n) is 14.6. The van der Waals surface area contributed by atoms with Crippen LogP contribution in [0.1, 0.15) is 22.8 Å². The molecule has 0 saturated heterocycles. The van der Waals surface area contributed by atoms with Gasteiger partial charge in [0, 0.05) is 22.8 Å². The molecule has 0 amide bonds. The maximum atomic E-state index is 6.09. The highest BCUT2D eigenvalue weighted by Crippen LogP contribution is 2.29. The summed E-state index contributed by atoms with van der Waals surface area (Å²) in [6, 6.07) is 17.9. The van der Waals surface area contributed by atoms with Gasteiger partial charge in [0.25, 0.3) is 5.78 Å². The number of fused-ring (bicyclic) bond motifs is 1. The van der Waals surface area contributed by atoms with E-state index in [2.05, 4.69) is 27.2 Å². The van der Waals surface area contributed by atoms with Crippen molar-refractivity contribution >= 4 is 40.7 Å². The number of aryl methyl sites for hydroxylation is 1. The smallest absolute Gasteiger partial charge is 0.215 e. The molecule has 0 aliphatic rings. The fourth-order valence-corrected chi connectivity index (χ4v) is 3.96. The van der Waals surface area contributed by atoms with Gasteiger partial charge in [0.05, 0.1) is 15.7 Å². The predicted octanol–water partition coefficient (Wildman–Crippen LogP) is 5.62. The second kappa shape index (κ2) is 7.89. The van der Waals surface area contributed by atoms with Gasteiger partial charge in [-0.1, -0.05) is 53.5 Å². The van der Waals surface area contributed by atoms with Gasteiger partial charge in [0.1, 0.15) is 0 Å². The molecule has 0 radical (unpaired) electrons. The van der Waals surface area contributed by atoms with Crippen LogP contribution in [0.5, 0.6) is 0 Å². The van der Waals surface area contributed by atoms with Gasteiger partial charge in [-0.15, -0.1) is 16.9 Å². The zero-order chi connectivity index (χ0) is 18.8. The highest BCUT2D eigenvalue weighted by Gasteiger charge is 2.10. The summed E-state index contributed by atoms with van der Waals surface area (Å²) >= 11 is 13.7. The molecule has 0 N–H and O–H groups in total. The van der Waals surface area contributed by atoms with Crippen molar-refractivity contribution in [2.75, 3.05) is 0 Å². The number of hydrogen-bond acceptors (Lipinski definition) is 4. The fourth-order valence-electron chi connectivity index (χ4n) is 2.77. The Morgan fingerprint density at radius 2 is 1.78 bits per heavy atom. The quantitative estimate of drug-likeness (QED) is 0.397. The third kappa shape index (κ3) is 4.26. The number of aromatic nitrogens is 4. The molecular weight excluding hydrogens is 399 g/mol. The molecule has 2 aromatic heterocycles. The van der Waals surface area contributed by atoms with Gasteiger partial charge in [-0.2, -0.15) is 4.98 Å². The summed E-state index contributed by atoms with van der Waals surface area (Å²) in [5, 5.41) is 5.71. The average Bonchev–Trinajstić information content (AvgIpc) is 3.06. The second-order valence-corrected chi connectivity index (χ2v) is 8.02. The van der Waals surface area contributed by atoms with E-state index < -0.39 is 0 Å². The number of benzene rings is 2. The van der Waals surface area contributed by atoms with Gasteiger partial charge in [0.2, 0.25) is 0 Å². The Labute approximate surface area is 171 Å². The van der Waals surface area contributed by atoms with Gasteiger partial charge >= 0.3 is 0 Å². The van der Waals surface area contributed by atoms with Crippen LogP contribution in [0.4, 0.5) is 0 Å². The topological polar surface area (TPSA) is 43.1 Å². The van der Waals surface area contributed by atoms with Gasteiger partial charge in [0.15, 0.2) is 5.82 Å². The third-order valence-electron chi connectivity index (χ3n) is 4.07. The summed E-state index contributed by atoms with van der Waals surface area (Å²) in [5.74, 6) is 2.12. The number of halogens is 2. The highest BCUT2D eigenvalue weighted by molar-refractivity contribution is 7.98. The van der Waals surface area contributed by atoms with Gasteiger partial charge in [-0.25, -0.2) is 9.50 Å². The number of rotatable bonds is 5. The van der Waals surface area contributed by atoms with Crippen LogP contribution in [0, 0.1) is 6.92 Å². The average molecular weight is 415 g/mol. The van der Waals surface area contributed by atoms with E-state index in [1.54, 1.807) is 16.3 Å². The molecule has 2 heterocycles. The number of nitrogens with zero attached hydrogens (tertiary/aromatic N) is 4. The van der Waals surface area contributed by atoms with Crippen molar-refractivity contribution in [1.82, 2.24) is 19.6 Å². The first-order valence-corrected chi connectivity index (χ1v) is 10.2. The summed E-state index contributed by atoms with van der Waals surface area (Å²) in [5.41, 5.74) is 3.15. The number of hydrogen-bond donors (Lipinski definition) is 0. The van der Waals surface area contributed by atoms with Crippen LogP contribution < -0.4 is 0 Å². The van der Waals surface area contributed by atoms with Crippen LogP contribution in [-0.2, 0) is 12.2 Å². The molecule has 0 aliphatic heterocycles. The Morgan fingerprint density at radius 1 is 0.963 bits per heavy atom. The van der Waals surface area contributed by atoms with Crippen molar-refractivity contribution in [1.29, 1.82) is 0 Å². The summed E-state index contributed by atoms with van der Waals surface area (Å²) in [7, 11) is 0. The highest BCUT2D eigenvalue weighted by atomic mass is 35.5. The lowest BCUT2D eigenvalue weighted by Crippen LogP contribution is -1.99. The van der Waals surface area contributed by atoms with E-state index >= 15 is 0 Å². The largest absolute Gasteiger partial charge is 0.252 e. The monoisotopic (exact) mass is 414 g/mol.